The van der Waals surface area contributed by atoms with Gasteiger partial charge in [-0.25, -0.2) is 0 Å². The molecule has 3 aromatic rings. The normalized spacial score (nSPS) is 18.1. The van der Waals surface area contributed by atoms with Crippen LogP contribution in [-0.2, 0) is 11.3 Å². The fraction of sp³-hybridized carbons (Fsp3) is 0.263. The summed E-state index contributed by atoms with van der Waals surface area (Å²) in [4.78, 5) is 17.6. The van der Waals surface area contributed by atoms with Gasteiger partial charge in [0.1, 0.15) is 6.61 Å². The second kappa shape index (κ2) is 6.31. The lowest BCUT2D eigenvalue weighted by Gasteiger charge is -2.23. The molecule has 3 heterocycles. The minimum atomic E-state index is -0.757. The van der Waals surface area contributed by atoms with E-state index in [1.807, 2.05) is 41.8 Å². The topological polar surface area (TPSA) is 71.3 Å². The number of amides is 1. The lowest BCUT2D eigenvalue weighted by Crippen LogP contribution is -2.36. The van der Waals surface area contributed by atoms with Crippen LogP contribution >= 0.6 is 11.3 Å². The molecule has 138 valence electrons. The summed E-state index contributed by atoms with van der Waals surface area (Å²) in [6, 6.07) is 11.1. The molecule has 0 saturated heterocycles. The molecule has 0 saturated carbocycles. The number of thiazole rings is 1. The number of nitrogens with zero attached hydrogens (tertiary/aromatic N) is 2. The zero-order valence-corrected chi connectivity index (χ0v) is 15.3. The van der Waals surface area contributed by atoms with Crippen LogP contribution in [0.15, 0.2) is 41.4 Å². The second-order valence-corrected chi connectivity index (χ2v) is 7.13. The fourth-order valence-electron chi connectivity index (χ4n) is 3.16. The van der Waals surface area contributed by atoms with E-state index in [0.717, 1.165) is 10.2 Å². The highest BCUT2D eigenvalue weighted by Gasteiger charge is 2.27. The molecular formula is C19H16N2O5S. The van der Waals surface area contributed by atoms with Crippen molar-refractivity contribution in [3.8, 4) is 23.0 Å². The zero-order valence-electron chi connectivity index (χ0n) is 14.5. The van der Waals surface area contributed by atoms with Gasteiger partial charge in [-0.3, -0.25) is 4.79 Å². The minimum absolute atomic E-state index is 0.145. The van der Waals surface area contributed by atoms with Crippen molar-refractivity contribution in [3.63, 3.8) is 0 Å². The fourth-order valence-corrected chi connectivity index (χ4v) is 4.27. The van der Waals surface area contributed by atoms with Gasteiger partial charge in [-0.05, 0) is 19.1 Å². The summed E-state index contributed by atoms with van der Waals surface area (Å²) in [7, 11) is 0. The highest BCUT2D eigenvalue weighted by Crippen LogP contribution is 2.37. The average molecular weight is 384 g/mol. The van der Waals surface area contributed by atoms with Crippen molar-refractivity contribution in [2.75, 3.05) is 13.4 Å². The van der Waals surface area contributed by atoms with Crippen molar-refractivity contribution in [3.05, 3.63) is 41.2 Å². The molecule has 27 heavy (non-hydrogen) atoms. The van der Waals surface area contributed by atoms with Gasteiger partial charge in [0.05, 0.1) is 10.2 Å². The molecule has 0 bridgehead atoms. The van der Waals surface area contributed by atoms with Crippen LogP contribution in [0, 0.1) is 0 Å². The molecule has 8 heteroatoms. The quantitative estimate of drug-likeness (QED) is 0.679. The smallest absolute Gasteiger partial charge is 0.292 e. The Morgan fingerprint density at radius 1 is 1.15 bits per heavy atom. The summed E-state index contributed by atoms with van der Waals surface area (Å²) in [5, 5.41) is 0. The SMILES string of the molecule is CCn1c(=NC(=O)C2COc3ccccc3O2)sc2cc3c(cc21)OCO3. The van der Waals surface area contributed by atoms with E-state index in [0.29, 0.717) is 34.3 Å². The summed E-state index contributed by atoms with van der Waals surface area (Å²) in [6.07, 6.45) is -0.757. The van der Waals surface area contributed by atoms with Crippen LogP contribution in [0.1, 0.15) is 6.92 Å². The first-order valence-electron chi connectivity index (χ1n) is 8.63. The van der Waals surface area contributed by atoms with Crippen LogP contribution in [0.2, 0.25) is 0 Å². The molecule has 0 radical (unpaired) electrons. The van der Waals surface area contributed by atoms with Gasteiger partial charge in [-0.2, -0.15) is 4.99 Å². The minimum Gasteiger partial charge on any atom is -0.485 e. The Morgan fingerprint density at radius 2 is 1.93 bits per heavy atom. The monoisotopic (exact) mass is 384 g/mol. The Hall–Kier alpha value is -3.00. The molecule has 7 nitrogen and oxygen atoms in total. The van der Waals surface area contributed by atoms with Crippen molar-refractivity contribution in [2.45, 2.75) is 19.6 Å². The maximum absolute atomic E-state index is 12.7. The largest absolute Gasteiger partial charge is 0.485 e. The third-order valence-electron chi connectivity index (χ3n) is 4.48. The van der Waals surface area contributed by atoms with E-state index >= 15 is 0 Å². The number of fused-ring (bicyclic) bond motifs is 3. The predicted octanol–water partition coefficient (Wildman–Crippen LogP) is 2.72. The van der Waals surface area contributed by atoms with E-state index in [1.165, 1.54) is 11.3 Å². The Labute approximate surface area is 158 Å². The van der Waals surface area contributed by atoms with Crippen molar-refractivity contribution in [2.24, 2.45) is 4.99 Å². The first-order valence-corrected chi connectivity index (χ1v) is 9.44. The molecule has 5 rings (SSSR count). The molecule has 1 amide bonds. The number of aryl methyl sites for hydroxylation is 1. The van der Waals surface area contributed by atoms with Crippen LogP contribution < -0.4 is 23.7 Å². The van der Waals surface area contributed by atoms with E-state index in [-0.39, 0.29) is 19.3 Å². The zero-order chi connectivity index (χ0) is 18.4. The van der Waals surface area contributed by atoms with E-state index in [2.05, 4.69) is 4.99 Å². The molecule has 2 aromatic carbocycles. The third kappa shape index (κ3) is 2.73. The number of ether oxygens (including phenoxy) is 4. The number of para-hydroxylation sites is 2. The lowest BCUT2D eigenvalue weighted by atomic mass is 10.2. The molecule has 0 N–H and O–H groups in total. The summed E-state index contributed by atoms with van der Waals surface area (Å²) < 4.78 is 25.3. The van der Waals surface area contributed by atoms with Crippen LogP contribution in [-0.4, -0.2) is 30.0 Å². The number of carbonyl (C=O) groups is 1. The average Bonchev–Trinajstić information content (AvgIpc) is 3.28. The molecular weight excluding hydrogens is 368 g/mol. The number of rotatable bonds is 2. The van der Waals surface area contributed by atoms with Gasteiger partial charge in [-0.15, -0.1) is 0 Å². The summed E-state index contributed by atoms with van der Waals surface area (Å²) in [6.45, 7) is 3.06. The first-order chi connectivity index (χ1) is 13.2. The molecule has 1 unspecified atom stereocenters. The number of benzene rings is 2. The van der Waals surface area contributed by atoms with Gasteiger partial charge in [-0.1, -0.05) is 23.5 Å². The predicted molar refractivity (Wildman–Crippen MR) is 98.5 cm³/mol. The van der Waals surface area contributed by atoms with Gasteiger partial charge in [0.25, 0.3) is 5.91 Å². The van der Waals surface area contributed by atoms with Gasteiger partial charge in [0.2, 0.25) is 12.9 Å². The molecule has 1 atom stereocenters. The van der Waals surface area contributed by atoms with Gasteiger partial charge in [0, 0.05) is 18.7 Å². The van der Waals surface area contributed by atoms with E-state index in [1.54, 1.807) is 6.07 Å². The van der Waals surface area contributed by atoms with Crippen LogP contribution in [0.25, 0.3) is 10.2 Å². The molecule has 2 aliphatic heterocycles. The maximum Gasteiger partial charge on any atom is 0.292 e. The maximum atomic E-state index is 12.7. The highest BCUT2D eigenvalue weighted by atomic mass is 32.1. The van der Waals surface area contributed by atoms with Crippen molar-refractivity contribution in [1.29, 1.82) is 0 Å². The van der Waals surface area contributed by atoms with E-state index in [9.17, 15) is 4.79 Å². The van der Waals surface area contributed by atoms with Gasteiger partial charge < -0.3 is 23.5 Å². The Kier molecular flexibility index (Phi) is 3.78. The van der Waals surface area contributed by atoms with Crippen LogP contribution in [0.5, 0.6) is 23.0 Å². The van der Waals surface area contributed by atoms with Gasteiger partial charge in [0.15, 0.2) is 27.8 Å². The van der Waals surface area contributed by atoms with E-state index in [4.69, 9.17) is 18.9 Å². The number of hydrogen-bond donors (Lipinski definition) is 0. The molecule has 0 aliphatic carbocycles. The highest BCUT2D eigenvalue weighted by molar-refractivity contribution is 7.16. The summed E-state index contributed by atoms with van der Waals surface area (Å²) in [5.74, 6) is 2.26. The summed E-state index contributed by atoms with van der Waals surface area (Å²) in [5.41, 5.74) is 0.962. The molecule has 1 aromatic heterocycles. The molecule has 0 fully saturated rings. The molecule has 2 aliphatic rings. The number of hydrogen-bond acceptors (Lipinski definition) is 6. The Balaban J connectivity index is 1.51. The van der Waals surface area contributed by atoms with Crippen LogP contribution in [0.4, 0.5) is 0 Å². The summed E-state index contributed by atoms with van der Waals surface area (Å²) >= 11 is 1.44. The number of carbonyl (C=O) groups excluding carboxylic acids is 1. The standard InChI is InChI=1S/C19H16N2O5S/c1-2-21-11-7-14-15(25-10-24-14)8-17(11)27-19(21)20-18(22)16-9-23-12-5-3-4-6-13(12)26-16/h3-8,16H,2,9-10H2,1H3. The van der Waals surface area contributed by atoms with Crippen molar-refractivity contribution in [1.82, 2.24) is 4.57 Å². The van der Waals surface area contributed by atoms with Crippen molar-refractivity contribution < 1.29 is 23.7 Å². The van der Waals surface area contributed by atoms with E-state index < -0.39 is 6.10 Å². The Morgan fingerprint density at radius 3 is 2.74 bits per heavy atom. The Bertz CT molecular complexity index is 1120. The third-order valence-corrected chi connectivity index (χ3v) is 5.52. The van der Waals surface area contributed by atoms with Gasteiger partial charge >= 0.3 is 0 Å². The number of aromatic nitrogens is 1. The van der Waals surface area contributed by atoms with Crippen molar-refractivity contribution >= 4 is 27.5 Å². The van der Waals surface area contributed by atoms with Crippen LogP contribution in [0.3, 0.4) is 0 Å². The lowest BCUT2D eigenvalue weighted by molar-refractivity contribution is -0.127. The molecule has 0 spiro atoms. The second-order valence-electron chi connectivity index (χ2n) is 6.12. The first kappa shape index (κ1) is 16.2.